The first-order chi connectivity index (χ1) is 13.8. The van der Waals surface area contributed by atoms with Crippen molar-refractivity contribution in [3.8, 4) is 0 Å². The van der Waals surface area contributed by atoms with E-state index in [0.29, 0.717) is 17.3 Å². The summed E-state index contributed by atoms with van der Waals surface area (Å²) < 4.78 is 2.05. The summed E-state index contributed by atoms with van der Waals surface area (Å²) >= 11 is 1.73. The van der Waals surface area contributed by atoms with E-state index in [0.717, 1.165) is 48.4 Å². The number of thioether (sulfide) groups is 1. The molecule has 0 aromatic carbocycles. The average molecular weight is 419 g/mol. The molecule has 8 atom stereocenters. The summed E-state index contributed by atoms with van der Waals surface area (Å²) in [5.74, 6) is 3.66. The van der Waals surface area contributed by atoms with Crippen molar-refractivity contribution in [2.45, 2.75) is 88.5 Å². The molecule has 1 aromatic rings. The molecule has 0 radical (unpaired) electrons. The summed E-state index contributed by atoms with van der Waals surface area (Å²) in [7, 11) is 2.03. The molecule has 0 aliphatic heterocycles. The highest BCUT2D eigenvalue weighted by Gasteiger charge is 2.64. The van der Waals surface area contributed by atoms with Gasteiger partial charge in [0.25, 0.3) is 0 Å². The molecule has 0 bridgehead atoms. The number of aryl methyl sites for hydroxylation is 1. The van der Waals surface area contributed by atoms with Crippen LogP contribution in [0.3, 0.4) is 0 Å². The van der Waals surface area contributed by atoms with Crippen molar-refractivity contribution in [1.82, 2.24) is 9.55 Å². The molecule has 4 nitrogen and oxygen atoms in total. The average Bonchev–Trinajstić information content (AvgIpc) is 3.22. The molecule has 0 spiro atoms. The Bertz CT molecular complexity index is 768. The number of nitrogens with zero attached hydrogens (tertiary/aromatic N) is 2. The van der Waals surface area contributed by atoms with E-state index in [1.807, 2.05) is 19.4 Å². The van der Waals surface area contributed by atoms with Crippen LogP contribution in [0.15, 0.2) is 17.6 Å². The minimum atomic E-state index is -0.584. The maximum absolute atomic E-state index is 11.9. The van der Waals surface area contributed by atoms with Gasteiger partial charge in [0.1, 0.15) is 0 Å². The van der Waals surface area contributed by atoms with Crippen LogP contribution in [-0.4, -0.2) is 37.2 Å². The number of aliphatic hydroxyl groups excluding tert-OH is 1. The Hall–Kier alpha value is -0.520. The lowest BCUT2D eigenvalue weighted by molar-refractivity contribution is -0.152. The highest BCUT2D eigenvalue weighted by atomic mass is 32.2. The predicted molar refractivity (Wildman–Crippen MR) is 117 cm³/mol. The molecule has 1 aromatic heterocycles. The predicted octanol–water partition coefficient (Wildman–Crippen LogP) is 4.65. The van der Waals surface area contributed by atoms with Crippen LogP contribution in [0.2, 0.25) is 0 Å². The third-order valence-corrected chi connectivity index (χ3v) is 11.5. The van der Waals surface area contributed by atoms with Crippen LogP contribution in [-0.2, 0) is 7.05 Å². The molecule has 5 heteroatoms. The van der Waals surface area contributed by atoms with Crippen molar-refractivity contribution < 1.29 is 10.2 Å². The zero-order valence-corrected chi connectivity index (χ0v) is 19.1. The molecule has 1 heterocycles. The van der Waals surface area contributed by atoms with Gasteiger partial charge in [-0.1, -0.05) is 25.6 Å². The third kappa shape index (κ3) is 2.97. The summed E-state index contributed by atoms with van der Waals surface area (Å²) in [4.78, 5) is 4.45. The maximum Gasteiger partial charge on any atom is 0.167 e. The van der Waals surface area contributed by atoms with E-state index in [4.69, 9.17) is 0 Å². The van der Waals surface area contributed by atoms with Crippen molar-refractivity contribution in [3.63, 3.8) is 0 Å². The van der Waals surface area contributed by atoms with Crippen molar-refractivity contribution in [3.05, 3.63) is 12.4 Å². The van der Waals surface area contributed by atoms with E-state index in [9.17, 15) is 10.2 Å². The first-order valence-electron chi connectivity index (χ1n) is 11.8. The third-order valence-electron chi connectivity index (χ3n) is 10.2. The van der Waals surface area contributed by atoms with Gasteiger partial charge in [0, 0.05) is 30.6 Å². The second-order valence-electron chi connectivity index (χ2n) is 11.2. The van der Waals surface area contributed by atoms with Gasteiger partial charge in [-0.2, -0.15) is 0 Å². The lowest BCUT2D eigenvalue weighted by Crippen LogP contribution is -2.57. The number of fused-ring (bicyclic) bond motifs is 5. The maximum atomic E-state index is 11.9. The molecular formula is C24H38N2O2S. The van der Waals surface area contributed by atoms with Crippen LogP contribution in [0, 0.1) is 34.5 Å². The molecule has 4 aliphatic carbocycles. The zero-order valence-electron chi connectivity index (χ0n) is 18.3. The highest BCUT2D eigenvalue weighted by molar-refractivity contribution is 7.99. The van der Waals surface area contributed by atoms with Crippen LogP contribution >= 0.6 is 11.8 Å². The summed E-state index contributed by atoms with van der Waals surface area (Å²) in [5, 5.41) is 23.1. The molecule has 4 fully saturated rings. The van der Waals surface area contributed by atoms with Crippen LogP contribution < -0.4 is 0 Å². The molecule has 29 heavy (non-hydrogen) atoms. The second-order valence-corrected chi connectivity index (χ2v) is 12.2. The lowest BCUT2D eigenvalue weighted by Gasteiger charge is -2.61. The van der Waals surface area contributed by atoms with Gasteiger partial charge in [-0.25, -0.2) is 4.98 Å². The monoisotopic (exact) mass is 418 g/mol. The van der Waals surface area contributed by atoms with E-state index < -0.39 is 5.60 Å². The van der Waals surface area contributed by atoms with Crippen molar-refractivity contribution in [1.29, 1.82) is 0 Å². The Morgan fingerprint density at radius 2 is 1.90 bits per heavy atom. The van der Waals surface area contributed by atoms with Gasteiger partial charge >= 0.3 is 0 Å². The Morgan fingerprint density at radius 1 is 1.10 bits per heavy atom. The Balaban J connectivity index is 1.36. The molecule has 0 amide bonds. The number of rotatable bonds is 3. The van der Waals surface area contributed by atoms with Crippen molar-refractivity contribution in [2.75, 3.05) is 5.75 Å². The molecule has 4 saturated carbocycles. The van der Waals surface area contributed by atoms with Crippen LogP contribution in [0.5, 0.6) is 0 Å². The first-order valence-corrected chi connectivity index (χ1v) is 12.8. The van der Waals surface area contributed by atoms with Crippen molar-refractivity contribution in [2.24, 2.45) is 41.5 Å². The van der Waals surface area contributed by atoms with E-state index >= 15 is 0 Å². The van der Waals surface area contributed by atoms with Gasteiger partial charge in [-0.05, 0) is 86.9 Å². The Labute approximate surface area is 179 Å². The van der Waals surface area contributed by atoms with Gasteiger partial charge in [0.05, 0.1) is 11.7 Å². The van der Waals surface area contributed by atoms with E-state index in [1.165, 1.54) is 32.1 Å². The first kappa shape index (κ1) is 20.4. The smallest absolute Gasteiger partial charge is 0.167 e. The normalized spacial score (nSPS) is 49.3. The number of aliphatic hydroxyl groups is 2. The SMILES string of the molecule is Cn1ccnc1SC[C@]1(O)CC[C@@H]2[C@H]3CC[C@H]4C[C@@H](O)CC[C@]4(C)[C@@H]3CC[C@@]21C. The summed E-state index contributed by atoms with van der Waals surface area (Å²) in [6, 6.07) is 0. The molecule has 0 saturated heterocycles. The number of hydrogen-bond acceptors (Lipinski definition) is 4. The van der Waals surface area contributed by atoms with E-state index in [1.54, 1.807) is 11.8 Å². The largest absolute Gasteiger partial charge is 0.393 e. The van der Waals surface area contributed by atoms with E-state index in [-0.39, 0.29) is 11.5 Å². The van der Waals surface area contributed by atoms with Crippen molar-refractivity contribution >= 4 is 11.8 Å². The fourth-order valence-electron chi connectivity index (χ4n) is 8.26. The molecule has 5 rings (SSSR count). The van der Waals surface area contributed by atoms with Gasteiger partial charge in [-0.3, -0.25) is 0 Å². The van der Waals surface area contributed by atoms with Crippen LogP contribution in [0.25, 0.3) is 0 Å². The number of hydrogen-bond donors (Lipinski definition) is 2. The quantitative estimate of drug-likeness (QED) is 0.702. The van der Waals surface area contributed by atoms with Gasteiger partial charge < -0.3 is 14.8 Å². The van der Waals surface area contributed by atoms with Gasteiger partial charge in [0.15, 0.2) is 5.16 Å². The minimum absolute atomic E-state index is 0.0315. The summed E-state index contributed by atoms with van der Waals surface area (Å²) in [6.45, 7) is 4.94. The second kappa shape index (κ2) is 7.00. The molecule has 2 N–H and O–H groups in total. The Kier molecular flexibility index (Phi) is 4.92. The fourth-order valence-corrected chi connectivity index (χ4v) is 9.50. The summed E-state index contributed by atoms with van der Waals surface area (Å²) in [6.07, 6.45) is 14.1. The molecule has 162 valence electrons. The molecule has 4 aliphatic rings. The van der Waals surface area contributed by atoms with Gasteiger partial charge in [0.2, 0.25) is 0 Å². The standard InChI is InChI=1S/C24H38N2O2S/c1-22-9-6-17(27)14-16(22)4-5-18-19(22)7-10-23(2)20(18)8-11-24(23,28)15-29-21-25-12-13-26(21)3/h12-13,16-20,27-28H,4-11,14-15H2,1-3H3/t16-,17-,18-,19+,20+,22-,23-,24+/m0/s1. The van der Waals surface area contributed by atoms with E-state index in [2.05, 4.69) is 23.4 Å². The molecular weight excluding hydrogens is 380 g/mol. The Morgan fingerprint density at radius 3 is 2.66 bits per heavy atom. The fraction of sp³-hybridized carbons (Fsp3) is 0.875. The molecule has 0 unspecified atom stereocenters. The number of aromatic nitrogens is 2. The highest BCUT2D eigenvalue weighted by Crippen LogP contribution is 2.68. The van der Waals surface area contributed by atoms with Crippen LogP contribution in [0.4, 0.5) is 0 Å². The van der Waals surface area contributed by atoms with Crippen LogP contribution in [0.1, 0.15) is 71.6 Å². The lowest BCUT2D eigenvalue weighted by atomic mass is 9.44. The topological polar surface area (TPSA) is 58.3 Å². The van der Waals surface area contributed by atoms with Gasteiger partial charge in [-0.15, -0.1) is 0 Å². The number of imidazole rings is 1. The minimum Gasteiger partial charge on any atom is -0.393 e. The summed E-state index contributed by atoms with van der Waals surface area (Å²) in [5.41, 5.74) is -0.143. The zero-order chi connectivity index (χ0) is 20.4.